The van der Waals surface area contributed by atoms with Crippen LogP contribution in [0.3, 0.4) is 0 Å². The SMILES string of the molecule is CN=C(NCCN1CCc2ccccc2C1)NCC(C)c1cccs1. The quantitative estimate of drug-likeness (QED) is 0.617. The molecule has 0 bridgehead atoms. The van der Waals surface area contributed by atoms with E-state index in [4.69, 9.17) is 0 Å². The molecular weight excluding hydrogens is 328 g/mol. The number of rotatable bonds is 6. The molecule has 0 saturated carbocycles. The number of thiophene rings is 1. The van der Waals surface area contributed by atoms with Gasteiger partial charge in [0.2, 0.25) is 0 Å². The molecule has 0 radical (unpaired) electrons. The van der Waals surface area contributed by atoms with Crippen molar-refractivity contribution >= 4 is 17.3 Å². The molecule has 0 saturated heterocycles. The van der Waals surface area contributed by atoms with Crippen LogP contribution < -0.4 is 10.6 Å². The Morgan fingerprint density at radius 2 is 2.04 bits per heavy atom. The first-order valence-electron chi connectivity index (χ1n) is 9.03. The van der Waals surface area contributed by atoms with Crippen LogP contribution in [0.5, 0.6) is 0 Å². The second-order valence-corrected chi connectivity index (χ2v) is 7.57. The second kappa shape index (κ2) is 9.02. The summed E-state index contributed by atoms with van der Waals surface area (Å²) >= 11 is 1.81. The van der Waals surface area contributed by atoms with Crippen molar-refractivity contribution in [3.05, 3.63) is 57.8 Å². The molecule has 2 aromatic rings. The van der Waals surface area contributed by atoms with Gasteiger partial charge in [0.05, 0.1) is 0 Å². The molecule has 134 valence electrons. The Labute approximate surface area is 155 Å². The van der Waals surface area contributed by atoms with Crippen LogP contribution in [0.1, 0.15) is 28.8 Å². The summed E-state index contributed by atoms with van der Waals surface area (Å²) in [6.07, 6.45) is 1.15. The van der Waals surface area contributed by atoms with E-state index in [0.29, 0.717) is 5.92 Å². The van der Waals surface area contributed by atoms with E-state index < -0.39 is 0 Å². The summed E-state index contributed by atoms with van der Waals surface area (Å²) in [5, 5.41) is 9.01. The lowest BCUT2D eigenvalue weighted by Crippen LogP contribution is -2.43. The molecule has 5 heteroatoms. The van der Waals surface area contributed by atoms with E-state index in [2.05, 4.69) is 69.2 Å². The summed E-state index contributed by atoms with van der Waals surface area (Å²) in [6, 6.07) is 13.1. The molecular formula is C20H28N4S. The Hall–Kier alpha value is -1.85. The van der Waals surface area contributed by atoms with Crippen molar-refractivity contribution in [3.8, 4) is 0 Å². The molecule has 2 heterocycles. The van der Waals surface area contributed by atoms with Crippen LogP contribution in [-0.4, -0.2) is 44.1 Å². The third kappa shape index (κ3) is 5.06. The smallest absolute Gasteiger partial charge is 0.191 e. The number of fused-ring (bicyclic) bond motifs is 1. The predicted molar refractivity (Wildman–Crippen MR) is 108 cm³/mol. The molecule has 1 atom stereocenters. The lowest BCUT2D eigenvalue weighted by molar-refractivity contribution is 0.258. The highest BCUT2D eigenvalue weighted by atomic mass is 32.1. The van der Waals surface area contributed by atoms with Crippen molar-refractivity contribution in [2.75, 3.05) is 33.2 Å². The van der Waals surface area contributed by atoms with Crippen LogP contribution in [0.25, 0.3) is 0 Å². The summed E-state index contributed by atoms with van der Waals surface area (Å²) < 4.78 is 0. The zero-order chi connectivity index (χ0) is 17.5. The highest BCUT2D eigenvalue weighted by Crippen LogP contribution is 2.19. The van der Waals surface area contributed by atoms with Crippen molar-refractivity contribution < 1.29 is 0 Å². The van der Waals surface area contributed by atoms with Crippen molar-refractivity contribution in [2.24, 2.45) is 4.99 Å². The molecule has 1 aromatic heterocycles. The first-order chi connectivity index (χ1) is 12.3. The third-order valence-corrected chi connectivity index (χ3v) is 5.86. The van der Waals surface area contributed by atoms with Gasteiger partial charge >= 0.3 is 0 Å². The van der Waals surface area contributed by atoms with Crippen molar-refractivity contribution in [1.82, 2.24) is 15.5 Å². The molecule has 0 aliphatic carbocycles. The summed E-state index contributed by atoms with van der Waals surface area (Å²) in [5.41, 5.74) is 2.98. The molecule has 4 nitrogen and oxygen atoms in total. The topological polar surface area (TPSA) is 39.7 Å². The Bertz CT molecular complexity index is 681. The van der Waals surface area contributed by atoms with E-state index in [1.165, 1.54) is 16.0 Å². The highest BCUT2D eigenvalue weighted by molar-refractivity contribution is 7.10. The van der Waals surface area contributed by atoms with Gasteiger partial charge in [-0.2, -0.15) is 0 Å². The predicted octanol–water partition coefficient (Wildman–Crippen LogP) is 3.07. The Balaban J connectivity index is 1.39. The van der Waals surface area contributed by atoms with Gasteiger partial charge in [-0.05, 0) is 29.0 Å². The molecule has 2 N–H and O–H groups in total. The highest BCUT2D eigenvalue weighted by Gasteiger charge is 2.15. The van der Waals surface area contributed by atoms with Crippen molar-refractivity contribution in [2.45, 2.75) is 25.8 Å². The zero-order valence-electron chi connectivity index (χ0n) is 15.2. The van der Waals surface area contributed by atoms with Crippen LogP contribution in [0.2, 0.25) is 0 Å². The molecule has 1 unspecified atom stereocenters. The molecule has 1 aliphatic heterocycles. The van der Waals surface area contributed by atoms with Gasteiger partial charge in [0.15, 0.2) is 5.96 Å². The van der Waals surface area contributed by atoms with Crippen LogP contribution in [0.15, 0.2) is 46.8 Å². The maximum atomic E-state index is 4.34. The van der Waals surface area contributed by atoms with E-state index in [0.717, 1.165) is 45.1 Å². The minimum absolute atomic E-state index is 0.497. The first kappa shape index (κ1) is 18.0. The number of hydrogen-bond donors (Lipinski definition) is 2. The van der Waals surface area contributed by atoms with Crippen LogP contribution >= 0.6 is 11.3 Å². The van der Waals surface area contributed by atoms with E-state index in [1.807, 2.05) is 18.4 Å². The number of hydrogen-bond acceptors (Lipinski definition) is 3. The van der Waals surface area contributed by atoms with Crippen LogP contribution in [0, 0.1) is 0 Å². The lowest BCUT2D eigenvalue weighted by atomic mass is 10.00. The third-order valence-electron chi connectivity index (χ3n) is 4.76. The zero-order valence-corrected chi connectivity index (χ0v) is 16.0. The number of guanidine groups is 1. The van der Waals surface area contributed by atoms with Crippen LogP contribution in [0.4, 0.5) is 0 Å². The molecule has 3 rings (SSSR count). The first-order valence-corrected chi connectivity index (χ1v) is 9.91. The molecule has 1 aromatic carbocycles. The molecule has 0 spiro atoms. The fourth-order valence-corrected chi connectivity index (χ4v) is 4.01. The number of nitrogens with one attached hydrogen (secondary N) is 2. The monoisotopic (exact) mass is 356 g/mol. The number of aliphatic imine (C=N–C) groups is 1. The minimum Gasteiger partial charge on any atom is -0.356 e. The second-order valence-electron chi connectivity index (χ2n) is 6.59. The van der Waals surface area contributed by atoms with Crippen molar-refractivity contribution in [3.63, 3.8) is 0 Å². The van der Waals surface area contributed by atoms with Crippen LogP contribution in [-0.2, 0) is 13.0 Å². The Kier molecular flexibility index (Phi) is 6.48. The lowest BCUT2D eigenvalue weighted by Gasteiger charge is -2.29. The summed E-state index contributed by atoms with van der Waals surface area (Å²) in [5.74, 6) is 1.39. The average Bonchev–Trinajstić information content (AvgIpc) is 3.19. The fourth-order valence-electron chi connectivity index (χ4n) is 3.22. The minimum atomic E-state index is 0.497. The van der Waals surface area contributed by atoms with Gasteiger partial charge in [0, 0.05) is 50.6 Å². The van der Waals surface area contributed by atoms with E-state index >= 15 is 0 Å². The largest absolute Gasteiger partial charge is 0.356 e. The van der Waals surface area contributed by atoms with Gasteiger partial charge in [-0.1, -0.05) is 37.3 Å². The molecule has 25 heavy (non-hydrogen) atoms. The normalized spacial score (nSPS) is 16.3. The van der Waals surface area contributed by atoms with Gasteiger partial charge in [-0.25, -0.2) is 0 Å². The summed E-state index contributed by atoms with van der Waals surface area (Å²) in [4.78, 5) is 8.26. The van der Waals surface area contributed by atoms with Gasteiger partial charge in [0.1, 0.15) is 0 Å². The van der Waals surface area contributed by atoms with Crippen molar-refractivity contribution in [1.29, 1.82) is 0 Å². The molecule has 1 aliphatic rings. The number of nitrogens with zero attached hydrogens (tertiary/aromatic N) is 2. The van der Waals surface area contributed by atoms with E-state index in [-0.39, 0.29) is 0 Å². The fraction of sp³-hybridized carbons (Fsp3) is 0.450. The summed E-state index contributed by atoms with van der Waals surface area (Å²) in [7, 11) is 1.84. The van der Waals surface area contributed by atoms with Gasteiger partial charge in [-0.3, -0.25) is 9.89 Å². The van der Waals surface area contributed by atoms with E-state index in [9.17, 15) is 0 Å². The summed E-state index contributed by atoms with van der Waals surface area (Å²) in [6.45, 7) is 7.29. The maximum absolute atomic E-state index is 4.34. The molecule has 0 amide bonds. The molecule has 0 fully saturated rings. The standard InChI is InChI=1S/C20H28N4S/c1-16(19-8-5-13-25-19)14-23-20(21-2)22-10-12-24-11-9-17-6-3-4-7-18(17)15-24/h3-8,13,16H,9-12,14-15H2,1-2H3,(H2,21,22,23). The Morgan fingerprint density at radius 3 is 2.80 bits per heavy atom. The maximum Gasteiger partial charge on any atom is 0.191 e. The number of benzene rings is 1. The van der Waals surface area contributed by atoms with E-state index in [1.54, 1.807) is 0 Å². The van der Waals surface area contributed by atoms with Gasteiger partial charge in [0.25, 0.3) is 0 Å². The van der Waals surface area contributed by atoms with Gasteiger partial charge < -0.3 is 10.6 Å². The Morgan fingerprint density at radius 1 is 1.20 bits per heavy atom. The average molecular weight is 357 g/mol. The van der Waals surface area contributed by atoms with Gasteiger partial charge in [-0.15, -0.1) is 11.3 Å².